The van der Waals surface area contributed by atoms with Crippen molar-refractivity contribution in [1.29, 1.82) is 0 Å². The number of hydrogen-bond acceptors (Lipinski definition) is 8. The minimum absolute atomic E-state index is 0.153. The van der Waals surface area contributed by atoms with Crippen LogP contribution in [0.5, 0.6) is 0 Å². The molecule has 0 unspecified atom stereocenters. The highest BCUT2D eigenvalue weighted by molar-refractivity contribution is 6.09. The molecule has 1 aromatic carbocycles. The average Bonchev–Trinajstić information content (AvgIpc) is 3.26. The summed E-state index contributed by atoms with van der Waals surface area (Å²) < 4.78 is 0. The maximum Gasteiger partial charge on any atom is 0.305 e. The highest BCUT2D eigenvalue weighted by atomic mass is 16.4. The van der Waals surface area contributed by atoms with E-state index in [1.807, 2.05) is 13.0 Å². The Morgan fingerprint density at radius 2 is 1.91 bits per heavy atom. The van der Waals surface area contributed by atoms with Gasteiger partial charge in [-0.1, -0.05) is 23.4 Å². The largest absolute Gasteiger partial charge is 0.481 e. The molecule has 1 aromatic heterocycles. The summed E-state index contributed by atoms with van der Waals surface area (Å²) in [5.74, 6) is -2.07. The van der Waals surface area contributed by atoms with Crippen molar-refractivity contribution in [1.82, 2.24) is 14.9 Å². The minimum atomic E-state index is -1.10. The van der Waals surface area contributed by atoms with Crippen molar-refractivity contribution in [3.63, 3.8) is 0 Å². The number of nitrogens with zero attached hydrogens (tertiary/aromatic N) is 5. The standard InChI is InChI=1S/C21H20N6O5/c1-12-4-2-7-15(22-12)23-19(30)14-6-3-5-13(10-14)11-27-18-17(24-25-27)20(31)26(21(18)32)9-8-16(28)29/h2-7,10,17-18H,8-9,11H2,1H3,(H,28,29)(H,22,23,30)/t17-,18+/m1/s1. The number of aryl methyl sites for hydroxylation is 1. The number of rotatable bonds is 7. The van der Waals surface area contributed by atoms with Gasteiger partial charge in [0.05, 0.1) is 13.0 Å². The molecule has 3 amide bonds. The highest BCUT2D eigenvalue weighted by Gasteiger charge is 2.53. The topological polar surface area (TPSA) is 145 Å². The second kappa shape index (κ2) is 8.53. The SMILES string of the molecule is Cc1cccc(NC(=O)c2cccc(CN3N=N[C@H]4C(=O)N(CCC(=O)O)C(=O)[C@H]43)c2)n1. The van der Waals surface area contributed by atoms with Gasteiger partial charge in [-0.3, -0.25) is 29.1 Å². The number of carbonyl (C=O) groups excluding carboxylic acids is 3. The van der Waals surface area contributed by atoms with Crippen LogP contribution in [0.25, 0.3) is 0 Å². The van der Waals surface area contributed by atoms with E-state index in [2.05, 4.69) is 20.6 Å². The average molecular weight is 436 g/mol. The van der Waals surface area contributed by atoms with Gasteiger partial charge in [-0.25, -0.2) is 4.98 Å². The second-order valence-corrected chi connectivity index (χ2v) is 7.48. The quantitative estimate of drug-likeness (QED) is 0.624. The zero-order valence-electron chi connectivity index (χ0n) is 17.1. The summed E-state index contributed by atoms with van der Waals surface area (Å²) in [6, 6.07) is 10.2. The molecule has 11 nitrogen and oxygen atoms in total. The molecule has 2 aliphatic heterocycles. The fourth-order valence-corrected chi connectivity index (χ4v) is 3.64. The van der Waals surface area contributed by atoms with Crippen LogP contribution in [0.4, 0.5) is 5.82 Å². The number of fused-ring (bicyclic) bond motifs is 1. The number of benzene rings is 1. The van der Waals surface area contributed by atoms with E-state index in [1.165, 1.54) is 5.01 Å². The molecule has 3 heterocycles. The van der Waals surface area contributed by atoms with Gasteiger partial charge in [-0.05, 0) is 36.8 Å². The summed E-state index contributed by atoms with van der Waals surface area (Å²) in [7, 11) is 0. The molecular formula is C21H20N6O5. The third kappa shape index (κ3) is 4.17. The Morgan fingerprint density at radius 1 is 1.12 bits per heavy atom. The number of carbonyl (C=O) groups is 4. The lowest BCUT2D eigenvalue weighted by Crippen LogP contribution is -2.39. The number of carboxylic acid groups (broad SMARTS) is 1. The first-order chi connectivity index (χ1) is 15.3. The van der Waals surface area contributed by atoms with E-state index in [4.69, 9.17) is 5.11 Å². The normalized spacial score (nSPS) is 19.4. The Balaban J connectivity index is 1.45. The molecule has 1 fully saturated rings. The molecule has 0 radical (unpaired) electrons. The summed E-state index contributed by atoms with van der Waals surface area (Å²) >= 11 is 0. The van der Waals surface area contributed by atoms with Crippen LogP contribution in [0.2, 0.25) is 0 Å². The molecule has 2 aliphatic rings. The number of aliphatic carboxylic acids is 1. The molecular weight excluding hydrogens is 416 g/mol. The van der Waals surface area contributed by atoms with Crippen molar-refractivity contribution < 1.29 is 24.3 Å². The van der Waals surface area contributed by atoms with Crippen LogP contribution >= 0.6 is 0 Å². The lowest BCUT2D eigenvalue weighted by Gasteiger charge is -2.20. The van der Waals surface area contributed by atoms with Gasteiger partial charge >= 0.3 is 5.97 Å². The molecule has 2 atom stereocenters. The van der Waals surface area contributed by atoms with Crippen LogP contribution in [0, 0.1) is 6.92 Å². The summed E-state index contributed by atoms with van der Waals surface area (Å²) in [4.78, 5) is 53.7. The van der Waals surface area contributed by atoms with Crippen LogP contribution in [-0.4, -0.2) is 62.3 Å². The van der Waals surface area contributed by atoms with E-state index >= 15 is 0 Å². The summed E-state index contributed by atoms with van der Waals surface area (Å²) in [6.45, 7) is 1.78. The van der Waals surface area contributed by atoms with Gasteiger partial charge in [0, 0.05) is 17.8 Å². The molecule has 32 heavy (non-hydrogen) atoms. The van der Waals surface area contributed by atoms with Crippen LogP contribution < -0.4 is 5.32 Å². The molecule has 164 valence electrons. The Kier molecular flexibility index (Phi) is 5.63. The fraction of sp³-hybridized carbons (Fsp3) is 0.286. The summed E-state index contributed by atoms with van der Waals surface area (Å²) in [5, 5.41) is 20.8. The van der Waals surface area contributed by atoms with Crippen molar-refractivity contribution in [2.45, 2.75) is 32.0 Å². The van der Waals surface area contributed by atoms with E-state index < -0.39 is 29.9 Å². The van der Waals surface area contributed by atoms with Crippen LogP contribution in [0.1, 0.15) is 28.0 Å². The van der Waals surface area contributed by atoms with Gasteiger partial charge < -0.3 is 10.4 Å². The molecule has 1 saturated heterocycles. The van der Waals surface area contributed by atoms with E-state index in [9.17, 15) is 19.2 Å². The van der Waals surface area contributed by atoms with E-state index in [1.54, 1.807) is 36.4 Å². The number of aromatic nitrogens is 1. The first-order valence-electron chi connectivity index (χ1n) is 9.92. The Hall–Kier alpha value is -4.15. The number of anilines is 1. The fourth-order valence-electron chi connectivity index (χ4n) is 3.64. The number of hydrogen-bond donors (Lipinski definition) is 2. The molecule has 2 aromatic rings. The second-order valence-electron chi connectivity index (χ2n) is 7.48. The van der Waals surface area contributed by atoms with Crippen molar-refractivity contribution in [3.05, 3.63) is 59.3 Å². The molecule has 2 N–H and O–H groups in total. The first kappa shape index (κ1) is 21.1. The minimum Gasteiger partial charge on any atom is -0.481 e. The lowest BCUT2D eigenvalue weighted by atomic mass is 10.1. The van der Waals surface area contributed by atoms with E-state index in [-0.39, 0.29) is 25.4 Å². The molecule has 0 bridgehead atoms. The van der Waals surface area contributed by atoms with Crippen molar-refractivity contribution in [2.75, 3.05) is 11.9 Å². The predicted molar refractivity (Wildman–Crippen MR) is 110 cm³/mol. The maximum atomic E-state index is 12.7. The maximum absolute atomic E-state index is 12.7. The van der Waals surface area contributed by atoms with Gasteiger partial charge in [0.25, 0.3) is 17.7 Å². The van der Waals surface area contributed by atoms with E-state index in [0.717, 1.165) is 10.6 Å². The van der Waals surface area contributed by atoms with Gasteiger partial charge in [0.15, 0.2) is 12.1 Å². The van der Waals surface area contributed by atoms with Gasteiger partial charge in [0.2, 0.25) is 0 Å². The monoisotopic (exact) mass is 436 g/mol. The molecule has 0 spiro atoms. The smallest absolute Gasteiger partial charge is 0.305 e. The molecule has 0 saturated carbocycles. The van der Waals surface area contributed by atoms with Crippen molar-refractivity contribution in [2.24, 2.45) is 10.3 Å². The number of pyridine rings is 1. The molecule has 4 rings (SSSR count). The number of imide groups is 1. The number of likely N-dealkylation sites (tertiary alicyclic amines) is 1. The zero-order valence-corrected chi connectivity index (χ0v) is 17.1. The molecule has 11 heteroatoms. The van der Waals surface area contributed by atoms with Gasteiger partial charge in [-0.2, -0.15) is 5.11 Å². The third-order valence-corrected chi connectivity index (χ3v) is 5.16. The third-order valence-electron chi connectivity index (χ3n) is 5.16. The Labute approximate surface area is 182 Å². The van der Waals surface area contributed by atoms with Crippen molar-refractivity contribution >= 4 is 29.5 Å². The lowest BCUT2D eigenvalue weighted by molar-refractivity contribution is -0.142. The van der Waals surface area contributed by atoms with E-state index in [0.29, 0.717) is 16.9 Å². The van der Waals surface area contributed by atoms with Crippen LogP contribution in [0.3, 0.4) is 0 Å². The number of amides is 3. The van der Waals surface area contributed by atoms with Crippen LogP contribution in [-0.2, 0) is 20.9 Å². The Morgan fingerprint density at radius 3 is 2.66 bits per heavy atom. The first-order valence-corrected chi connectivity index (χ1v) is 9.92. The van der Waals surface area contributed by atoms with Crippen molar-refractivity contribution in [3.8, 4) is 0 Å². The molecule has 0 aliphatic carbocycles. The highest BCUT2D eigenvalue weighted by Crippen LogP contribution is 2.29. The van der Waals surface area contributed by atoms with Gasteiger partial charge in [-0.15, -0.1) is 0 Å². The zero-order chi connectivity index (χ0) is 22.8. The van der Waals surface area contributed by atoms with Crippen LogP contribution in [0.15, 0.2) is 52.8 Å². The van der Waals surface area contributed by atoms with Gasteiger partial charge in [0.1, 0.15) is 5.82 Å². The number of nitrogens with one attached hydrogen (secondary N) is 1. The summed E-state index contributed by atoms with van der Waals surface area (Å²) in [5.41, 5.74) is 1.87. The number of carboxylic acids is 1. The predicted octanol–water partition coefficient (Wildman–Crippen LogP) is 1.41. The summed E-state index contributed by atoms with van der Waals surface area (Å²) in [6.07, 6.45) is -0.332. The Bertz CT molecular complexity index is 1130.